The molecule has 0 radical (unpaired) electrons. The van der Waals surface area contributed by atoms with Crippen LogP contribution in [0, 0.1) is 33.7 Å². The highest BCUT2D eigenvalue weighted by molar-refractivity contribution is 5.78. The third kappa shape index (κ3) is 6.60. The van der Waals surface area contributed by atoms with Crippen molar-refractivity contribution >= 4 is 11.6 Å². The second-order valence-corrected chi connectivity index (χ2v) is 9.83. The van der Waals surface area contributed by atoms with Crippen molar-refractivity contribution in [2.24, 2.45) is 17.8 Å². The summed E-state index contributed by atoms with van der Waals surface area (Å²) in [7, 11) is 0. The quantitative estimate of drug-likeness (QED) is 0.390. The van der Waals surface area contributed by atoms with Gasteiger partial charge in [-0.15, -0.1) is 0 Å². The molecule has 0 N–H and O–H groups in total. The van der Waals surface area contributed by atoms with E-state index in [1.54, 1.807) is 24.3 Å². The van der Waals surface area contributed by atoms with Crippen LogP contribution in [0.1, 0.15) is 44.7 Å². The molecule has 1 aliphatic heterocycles. The first-order valence-electron chi connectivity index (χ1n) is 11.6. The molecule has 33 heavy (non-hydrogen) atoms. The van der Waals surface area contributed by atoms with Gasteiger partial charge in [0.2, 0.25) is 5.91 Å². The highest BCUT2D eigenvalue weighted by Crippen LogP contribution is 2.35. The fourth-order valence-electron chi connectivity index (χ4n) is 4.71. The molecule has 0 unspecified atom stereocenters. The van der Waals surface area contributed by atoms with Gasteiger partial charge in [0, 0.05) is 56.7 Å². The predicted octanol–water partition coefficient (Wildman–Crippen LogP) is 5.09. The Morgan fingerprint density at radius 1 is 1.15 bits per heavy atom. The highest BCUT2D eigenvalue weighted by atomic mass is 19.1. The van der Waals surface area contributed by atoms with Gasteiger partial charge >= 0.3 is 0 Å². The first kappa shape index (κ1) is 24.8. The number of carbonyl (C=O) groups excluding carboxylic acids is 1. The smallest absolute Gasteiger partial charge is 0.269 e. The molecule has 0 bridgehead atoms. The van der Waals surface area contributed by atoms with Gasteiger partial charge in [0.25, 0.3) is 5.69 Å². The van der Waals surface area contributed by atoms with E-state index in [2.05, 4.69) is 18.7 Å². The van der Waals surface area contributed by atoms with Crippen molar-refractivity contribution in [1.82, 2.24) is 9.80 Å². The zero-order chi connectivity index (χ0) is 24.1. The summed E-state index contributed by atoms with van der Waals surface area (Å²) in [4.78, 5) is 27.7. The molecular formula is C26H34FN3O3. The molecule has 2 aromatic carbocycles. The maximum atomic E-state index is 14.0. The normalized spacial score (nSPS) is 18.8. The molecule has 6 nitrogen and oxygen atoms in total. The zero-order valence-corrected chi connectivity index (χ0v) is 19.9. The van der Waals surface area contributed by atoms with Crippen LogP contribution in [0.25, 0.3) is 0 Å². The number of halogens is 1. The average molecular weight is 456 g/mol. The summed E-state index contributed by atoms with van der Waals surface area (Å²) < 4.78 is 14.0. The minimum Gasteiger partial charge on any atom is -0.342 e. The molecular weight excluding hydrogens is 421 g/mol. The molecule has 7 heteroatoms. The number of hydrogen-bond acceptors (Lipinski definition) is 4. The van der Waals surface area contributed by atoms with Gasteiger partial charge in [-0.25, -0.2) is 4.39 Å². The largest absolute Gasteiger partial charge is 0.342 e. The van der Waals surface area contributed by atoms with Crippen molar-refractivity contribution in [3.63, 3.8) is 0 Å². The molecule has 2 aromatic rings. The Morgan fingerprint density at radius 2 is 1.85 bits per heavy atom. The summed E-state index contributed by atoms with van der Waals surface area (Å²) >= 11 is 0. The monoisotopic (exact) mass is 455 g/mol. The van der Waals surface area contributed by atoms with E-state index >= 15 is 0 Å². The van der Waals surface area contributed by atoms with Gasteiger partial charge in [-0.2, -0.15) is 0 Å². The average Bonchev–Trinajstić information content (AvgIpc) is 3.14. The number of nitro groups is 1. The molecule has 0 spiro atoms. The van der Waals surface area contributed by atoms with Crippen LogP contribution in [-0.4, -0.2) is 46.8 Å². The molecule has 178 valence electrons. The Morgan fingerprint density at radius 3 is 2.42 bits per heavy atom. The van der Waals surface area contributed by atoms with Crippen LogP contribution in [0.2, 0.25) is 0 Å². The number of carbonyl (C=O) groups is 1. The fraction of sp³-hybridized carbons (Fsp3) is 0.500. The van der Waals surface area contributed by atoms with E-state index in [1.807, 2.05) is 24.8 Å². The Balaban J connectivity index is 1.82. The topological polar surface area (TPSA) is 66.7 Å². The molecule has 0 aromatic heterocycles. The predicted molar refractivity (Wildman–Crippen MR) is 127 cm³/mol. The van der Waals surface area contributed by atoms with E-state index in [1.165, 1.54) is 18.2 Å². The minimum absolute atomic E-state index is 0.0750. The zero-order valence-electron chi connectivity index (χ0n) is 19.9. The molecule has 2 atom stereocenters. The van der Waals surface area contributed by atoms with E-state index in [4.69, 9.17) is 0 Å². The fourth-order valence-corrected chi connectivity index (χ4v) is 4.71. The Kier molecular flexibility index (Phi) is 8.19. The molecule has 0 aliphatic carbocycles. The summed E-state index contributed by atoms with van der Waals surface area (Å²) in [5, 5.41) is 10.9. The summed E-state index contributed by atoms with van der Waals surface area (Å²) in [6, 6.07) is 13.4. The first-order valence-corrected chi connectivity index (χ1v) is 11.6. The van der Waals surface area contributed by atoms with Gasteiger partial charge in [0.1, 0.15) is 5.82 Å². The van der Waals surface area contributed by atoms with Crippen LogP contribution in [0.15, 0.2) is 48.5 Å². The highest BCUT2D eigenvalue weighted by Gasteiger charge is 2.36. The number of hydrogen-bond donors (Lipinski definition) is 0. The van der Waals surface area contributed by atoms with Gasteiger partial charge in [0.15, 0.2) is 0 Å². The molecule has 1 aliphatic rings. The van der Waals surface area contributed by atoms with Crippen LogP contribution in [-0.2, 0) is 11.3 Å². The maximum Gasteiger partial charge on any atom is 0.269 e. The summed E-state index contributed by atoms with van der Waals surface area (Å²) in [5.74, 6) is 0.458. The number of non-ortho nitro benzene ring substituents is 1. The van der Waals surface area contributed by atoms with Gasteiger partial charge in [-0.3, -0.25) is 19.8 Å². The molecule has 1 fully saturated rings. The van der Waals surface area contributed by atoms with E-state index in [9.17, 15) is 19.3 Å². The lowest BCUT2D eigenvalue weighted by Crippen LogP contribution is -2.41. The van der Waals surface area contributed by atoms with Gasteiger partial charge < -0.3 is 4.90 Å². The lowest BCUT2D eigenvalue weighted by atomic mass is 9.88. The molecule has 1 heterocycles. The number of benzene rings is 2. The molecule has 0 saturated carbocycles. The van der Waals surface area contributed by atoms with Gasteiger partial charge in [0.05, 0.1) is 4.92 Å². The third-order valence-electron chi connectivity index (χ3n) is 6.19. The van der Waals surface area contributed by atoms with Crippen molar-refractivity contribution in [1.29, 1.82) is 0 Å². The van der Waals surface area contributed by atoms with Crippen molar-refractivity contribution in [3.8, 4) is 0 Å². The lowest BCUT2D eigenvalue weighted by molar-refractivity contribution is -0.384. The van der Waals surface area contributed by atoms with Crippen molar-refractivity contribution in [2.75, 3.05) is 26.2 Å². The lowest BCUT2D eigenvalue weighted by Gasteiger charge is -2.31. The van der Waals surface area contributed by atoms with Crippen molar-refractivity contribution < 1.29 is 14.1 Å². The van der Waals surface area contributed by atoms with Crippen LogP contribution in [0.3, 0.4) is 0 Å². The van der Waals surface area contributed by atoms with E-state index in [0.717, 1.165) is 24.2 Å². The SMILES string of the molecule is CC(C)CN(C[C@H]1CN(Cc2ccc([N+](=O)[O-])cc2)C[C@@H]1c1cccc(F)c1)C(=O)C(C)C. The van der Waals surface area contributed by atoms with Crippen molar-refractivity contribution in [2.45, 2.75) is 40.2 Å². The van der Waals surface area contributed by atoms with Gasteiger partial charge in [-0.1, -0.05) is 52.0 Å². The molecule has 1 amide bonds. The molecule has 1 saturated heterocycles. The standard InChI is InChI=1S/C26H34FN3O3/c1-18(2)13-29(26(31)19(3)4)16-22-15-28(14-20-8-10-24(11-9-20)30(32)33)17-25(22)21-6-5-7-23(27)12-21/h5-12,18-19,22,25H,13-17H2,1-4H3/t22-,25-/m1/s1. The summed E-state index contributed by atoms with van der Waals surface area (Å²) in [6.07, 6.45) is 0. The van der Waals surface area contributed by atoms with Gasteiger partial charge in [-0.05, 0) is 35.1 Å². The van der Waals surface area contributed by atoms with Crippen LogP contribution >= 0.6 is 0 Å². The van der Waals surface area contributed by atoms with E-state index < -0.39 is 4.92 Å². The third-order valence-corrected chi connectivity index (χ3v) is 6.19. The Labute approximate surface area is 195 Å². The van der Waals surface area contributed by atoms with Crippen LogP contribution in [0.5, 0.6) is 0 Å². The summed E-state index contributed by atoms with van der Waals surface area (Å²) in [5.41, 5.74) is 2.02. The second kappa shape index (κ2) is 10.9. The van der Waals surface area contributed by atoms with E-state index in [0.29, 0.717) is 25.6 Å². The minimum atomic E-state index is -0.398. The number of rotatable bonds is 9. The second-order valence-electron chi connectivity index (χ2n) is 9.83. The maximum absolute atomic E-state index is 14.0. The number of nitro benzene ring substituents is 1. The molecule has 3 rings (SSSR count). The Hall–Kier alpha value is -2.80. The summed E-state index contributed by atoms with van der Waals surface area (Å²) in [6.45, 7) is 11.6. The number of likely N-dealkylation sites (tertiary alicyclic amines) is 1. The Bertz CT molecular complexity index is 962. The van der Waals surface area contributed by atoms with Crippen LogP contribution < -0.4 is 0 Å². The number of nitrogens with zero attached hydrogens (tertiary/aromatic N) is 3. The van der Waals surface area contributed by atoms with E-state index in [-0.39, 0.29) is 35.2 Å². The van der Waals surface area contributed by atoms with Crippen LogP contribution in [0.4, 0.5) is 10.1 Å². The number of amides is 1. The van der Waals surface area contributed by atoms with Crippen molar-refractivity contribution in [3.05, 3.63) is 75.6 Å². The first-order chi connectivity index (χ1) is 15.6.